The van der Waals surface area contributed by atoms with Gasteiger partial charge in [-0.05, 0) is 36.4 Å². The third-order valence-electron chi connectivity index (χ3n) is 3.13. The van der Waals surface area contributed by atoms with Crippen LogP contribution in [0.5, 0.6) is 0 Å². The number of nitrogens with one attached hydrogen (secondary N) is 2. The predicted molar refractivity (Wildman–Crippen MR) is 81.2 cm³/mol. The van der Waals surface area contributed by atoms with Gasteiger partial charge in [0.1, 0.15) is 0 Å². The van der Waals surface area contributed by atoms with E-state index in [2.05, 4.69) is 14.9 Å². The van der Waals surface area contributed by atoms with Gasteiger partial charge >= 0.3 is 0 Å². The van der Waals surface area contributed by atoms with Gasteiger partial charge in [0, 0.05) is 17.4 Å². The van der Waals surface area contributed by atoms with E-state index in [0.717, 1.165) is 23.4 Å². The summed E-state index contributed by atoms with van der Waals surface area (Å²) in [4.78, 5) is -0.358. The standard InChI is InChI=1S/C15H11F2N3O2S/c16-13-5-4-12(9-14(13)17)23(21,22)20-11-3-1-2-10(8-11)15-6-7-18-19-15/h1-9,20H,(H,18,19). The van der Waals surface area contributed by atoms with Crippen LogP contribution in [0.1, 0.15) is 0 Å². The highest BCUT2D eigenvalue weighted by Gasteiger charge is 2.17. The minimum atomic E-state index is -4.02. The van der Waals surface area contributed by atoms with E-state index in [4.69, 9.17) is 0 Å². The number of aromatic amines is 1. The second-order valence-electron chi connectivity index (χ2n) is 4.73. The molecule has 2 N–H and O–H groups in total. The highest BCUT2D eigenvalue weighted by molar-refractivity contribution is 7.92. The molecule has 0 radical (unpaired) electrons. The first-order valence-electron chi connectivity index (χ1n) is 6.53. The Hall–Kier alpha value is -2.74. The Bertz CT molecular complexity index is 941. The van der Waals surface area contributed by atoms with Crippen LogP contribution in [0.25, 0.3) is 11.3 Å². The maximum absolute atomic E-state index is 13.2. The van der Waals surface area contributed by atoms with E-state index in [0.29, 0.717) is 11.8 Å². The molecule has 0 saturated heterocycles. The van der Waals surface area contributed by atoms with Gasteiger partial charge in [-0.25, -0.2) is 17.2 Å². The number of rotatable bonds is 4. The molecule has 2 aromatic carbocycles. The molecule has 0 aliphatic rings. The Labute approximate surface area is 131 Å². The number of halogens is 2. The molecule has 0 spiro atoms. The Balaban J connectivity index is 1.91. The molecule has 8 heteroatoms. The zero-order chi connectivity index (χ0) is 16.4. The van der Waals surface area contributed by atoms with Crippen LogP contribution < -0.4 is 4.72 Å². The molecule has 0 atom stereocenters. The largest absolute Gasteiger partial charge is 0.280 e. The second kappa shape index (κ2) is 5.81. The van der Waals surface area contributed by atoms with Gasteiger partial charge in [0.25, 0.3) is 10.0 Å². The second-order valence-corrected chi connectivity index (χ2v) is 6.41. The number of aromatic nitrogens is 2. The van der Waals surface area contributed by atoms with Crippen LogP contribution >= 0.6 is 0 Å². The first kappa shape index (κ1) is 15.2. The SMILES string of the molecule is O=S(=O)(Nc1cccc(-c2ccn[nH]2)c1)c1ccc(F)c(F)c1. The lowest BCUT2D eigenvalue weighted by Gasteiger charge is -2.09. The van der Waals surface area contributed by atoms with Crippen molar-refractivity contribution in [2.45, 2.75) is 4.90 Å². The monoisotopic (exact) mass is 335 g/mol. The lowest BCUT2D eigenvalue weighted by molar-refractivity contribution is 0.504. The lowest BCUT2D eigenvalue weighted by atomic mass is 10.1. The maximum Gasteiger partial charge on any atom is 0.261 e. The molecule has 0 saturated carbocycles. The fourth-order valence-corrected chi connectivity index (χ4v) is 3.09. The van der Waals surface area contributed by atoms with E-state index in [9.17, 15) is 17.2 Å². The summed E-state index contributed by atoms with van der Waals surface area (Å²) < 4.78 is 53.0. The van der Waals surface area contributed by atoms with Crippen LogP contribution in [0.3, 0.4) is 0 Å². The minimum Gasteiger partial charge on any atom is -0.280 e. The number of nitrogens with zero attached hydrogens (tertiary/aromatic N) is 1. The summed E-state index contributed by atoms with van der Waals surface area (Å²) in [5.74, 6) is -2.33. The molecule has 5 nitrogen and oxygen atoms in total. The molecular formula is C15H11F2N3O2S. The predicted octanol–water partition coefficient (Wildman–Crippen LogP) is 3.16. The first-order chi connectivity index (χ1) is 11.0. The van der Waals surface area contributed by atoms with E-state index >= 15 is 0 Å². The van der Waals surface area contributed by atoms with Gasteiger partial charge in [-0.2, -0.15) is 5.10 Å². The summed E-state index contributed by atoms with van der Waals surface area (Å²) in [6, 6.07) is 10.7. The fraction of sp³-hybridized carbons (Fsp3) is 0. The molecule has 23 heavy (non-hydrogen) atoms. The highest BCUT2D eigenvalue weighted by Crippen LogP contribution is 2.23. The molecule has 3 rings (SSSR count). The molecular weight excluding hydrogens is 324 g/mol. The first-order valence-corrected chi connectivity index (χ1v) is 8.02. The lowest BCUT2D eigenvalue weighted by Crippen LogP contribution is -2.13. The topological polar surface area (TPSA) is 74.8 Å². The maximum atomic E-state index is 13.2. The van der Waals surface area contributed by atoms with Gasteiger partial charge in [-0.15, -0.1) is 0 Å². The van der Waals surface area contributed by atoms with Crippen molar-refractivity contribution in [1.29, 1.82) is 0 Å². The van der Waals surface area contributed by atoms with Crippen LogP contribution in [-0.4, -0.2) is 18.6 Å². The van der Waals surface area contributed by atoms with Gasteiger partial charge in [-0.1, -0.05) is 12.1 Å². The molecule has 0 aliphatic carbocycles. The quantitative estimate of drug-likeness (QED) is 0.769. The van der Waals surface area contributed by atoms with Gasteiger partial charge in [0.2, 0.25) is 0 Å². The van der Waals surface area contributed by atoms with Crippen molar-refractivity contribution in [2.75, 3.05) is 4.72 Å². The van der Waals surface area contributed by atoms with Crippen LogP contribution in [0.2, 0.25) is 0 Å². The van der Waals surface area contributed by atoms with Crippen molar-refractivity contribution in [1.82, 2.24) is 10.2 Å². The van der Waals surface area contributed by atoms with Gasteiger partial charge in [-0.3, -0.25) is 9.82 Å². The molecule has 1 heterocycles. The molecule has 1 aromatic heterocycles. The molecule has 0 amide bonds. The van der Waals surface area contributed by atoms with Crippen LogP contribution in [-0.2, 0) is 10.0 Å². The van der Waals surface area contributed by atoms with E-state index in [-0.39, 0.29) is 4.90 Å². The molecule has 118 valence electrons. The third-order valence-corrected chi connectivity index (χ3v) is 4.51. The van der Waals surface area contributed by atoms with E-state index < -0.39 is 21.7 Å². The fourth-order valence-electron chi connectivity index (χ4n) is 2.02. The number of hydrogen-bond donors (Lipinski definition) is 2. The van der Waals surface area contributed by atoms with E-state index in [1.165, 1.54) is 0 Å². The highest BCUT2D eigenvalue weighted by atomic mass is 32.2. The summed E-state index contributed by atoms with van der Waals surface area (Å²) in [6.07, 6.45) is 1.58. The van der Waals surface area contributed by atoms with E-state index in [1.54, 1.807) is 36.5 Å². The number of hydrogen-bond acceptors (Lipinski definition) is 3. The van der Waals surface area contributed by atoms with Crippen molar-refractivity contribution < 1.29 is 17.2 Å². The molecule has 0 fully saturated rings. The summed E-state index contributed by atoms with van der Waals surface area (Å²) in [5, 5.41) is 6.60. The normalized spacial score (nSPS) is 11.4. The summed E-state index contributed by atoms with van der Waals surface area (Å²) >= 11 is 0. The van der Waals surface area contributed by atoms with Gasteiger partial charge < -0.3 is 0 Å². The van der Waals surface area contributed by atoms with Crippen molar-refractivity contribution in [3.8, 4) is 11.3 Å². The Morgan fingerprint density at radius 1 is 1.00 bits per heavy atom. The molecule has 0 unspecified atom stereocenters. The van der Waals surface area contributed by atoms with Crippen molar-refractivity contribution in [3.63, 3.8) is 0 Å². The average Bonchev–Trinajstić information content (AvgIpc) is 3.04. The minimum absolute atomic E-state index is 0.293. The summed E-state index contributed by atoms with van der Waals surface area (Å²) in [5.41, 5.74) is 1.74. The Kier molecular flexibility index (Phi) is 3.83. The number of H-pyrrole nitrogens is 1. The molecule has 3 aromatic rings. The summed E-state index contributed by atoms with van der Waals surface area (Å²) in [7, 11) is -4.02. The van der Waals surface area contributed by atoms with Gasteiger partial charge in [0.05, 0.1) is 10.6 Å². The average molecular weight is 335 g/mol. The van der Waals surface area contributed by atoms with Crippen LogP contribution in [0.4, 0.5) is 14.5 Å². The summed E-state index contributed by atoms with van der Waals surface area (Å²) in [6.45, 7) is 0. The number of benzene rings is 2. The van der Waals surface area contributed by atoms with Gasteiger partial charge in [0.15, 0.2) is 11.6 Å². The Morgan fingerprint density at radius 3 is 2.52 bits per heavy atom. The molecule has 0 bridgehead atoms. The van der Waals surface area contributed by atoms with Crippen molar-refractivity contribution >= 4 is 15.7 Å². The smallest absolute Gasteiger partial charge is 0.261 e. The zero-order valence-corrected chi connectivity index (χ0v) is 12.4. The van der Waals surface area contributed by atoms with E-state index in [1.807, 2.05) is 0 Å². The number of anilines is 1. The number of sulfonamides is 1. The zero-order valence-electron chi connectivity index (χ0n) is 11.6. The van der Waals surface area contributed by atoms with Crippen molar-refractivity contribution in [2.24, 2.45) is 0 Å². The van der Waals surface area contributed by atoms with Crippen LogP contribution in [0, 0.1) is 11.6 Å². The Morgan fingerprint density at radius 2 is 1.83 bits per heavy atom. The van der Waals surface area contributed by atoms with Crippen molar-refractivity contribution in [3.05, 3.63) is 66.4 Å². The third kappa shape index (κ3) is 3.21. The molecule has 0 aliphatic heterocycles. The van der Waals surface area contributed by atoms with Crippen LogP contribution in [0.15, 0.2) is 59.6 Å².